The summed E-state index contributed by atoms with van der Waals surface area (Å²) in [5.74, 6) is -0.295. The zero-order valence-electron chi connectivity index (χ0n) is 10.6. The minimum Gasteiger partial charge on any atom is -0.346 e. The fourth-order valence-corrected chi connectivity index (χ4v) is 2.36. The van der Waals surface area contributed by atoms with Crippen molar-refractivity contribution < 1.29 is 4.39 Å². The van der Waals surface area contributed by atoms with Crippen LogP contribution in [0.2, 0.25) is 5.02 Å². The highest BCUT2D eigenvalue weighted by molar-refractivity contribution is 6.31. The van der Waals surface area contributed by atoms with Gasteiger partial charge in [0.15, 0.2) is 0 Å². The summed E-state index contributed by atoms with van der Waals surface area (Å²) >= 11 is 6.07. The first-order valence-corrected chi connectivity index (χ1v) is 6.91. The van der Waals surface area contributed by atoms with Gasteiger partial charge in [0.2, 0.25) is 0 Å². The highest BCUT2D eigenvalue weighted by Crippen LogP contribution is 2.21. The molecule has 0 atom stereocenters. The molecule has 0 aliphatic heterocycles. The summed E-state index contributed by atoms with van der Waals surface area (Å²) in [7, 11) is 0. The first-order chi connectivity index (χ1) is 9.22. The molecule has 19 heavy (non-hydrogen) atoms. The van der Waals surface area contributed by atoms with Gasteiger partial charge in [0, 0.05) is 36.0 Å². The number of hydrogen-bond donors (Lipinski definition) is 1. The number of nitrogens with one attached hydrogen (secondary N) is 1. The van der Waals surface area contributed by atoms with E-state index in [1.165, 1.54) is 30.7 Å². The summed E-state index contributed by atoms with van der Waals surface area (Å²) in [6.07, 6.45) is 4.60. The van der Waals surface area contributed by atoms with E-state index in [4.69, 9.17) is 11.6 Å². The molecule has 1 heterocycles. The van der Waals surface area contributed by atoms with Gasteiger partial charge in [0.25, 0.3) is 0 Å². The van der Waals surface area contributed by atoms with Crippen molar-refractivity contribution >= 4 is 11.6 Å². The maximum Gasteiger partial charge on any atom is 0.124 e. The Labute approximate surface area is 117 Å². The lowest BCUT2D eigenvalue weighted by Crippen LogP contribution is -2.18. The van der Waals surface area contributed by atoms with E-state index in [-0.39, 0.29) is 5.82 Å². The summed E-state index contributed by atoms with van der Waals surface area (Å²) in [5.41, 5.74) is 2.17. The molecule has 0 saturated heterocycles. The first kappa shape index (κ1) is 12.7. The van der Waals surface area contributed by atoms with E-state index in [1.54, 1.807) is 6.07 Å². The normalized spacial score (nSPS) is 14.8. The van der Waals surface area contributed by atoms with Gasteiger partial charge in [0.05, 0.1) is 0 Å². The Kier molecular flexibility index (Phi) is 3.58. The van der Waals surface area contributed by atoms with Gasteiger partial charge in [-0.15, -0.1) is 0 Å². The number of nitrogens with zero attached hydrogens (tertiary/aromatic N) is 1. The van der Waals surface area contributed by atoms with Crippen LogP contribution in [0.4, 0.5) is 4.39 Å². The van der Waals surface area contributed by atoms with Gasteiger partial charge in [0.1, 0.15) is 5.82 Å². The van der Waals surface area contributed by atoms with Gasteiger partial charge in [-0.05, 0) is 42.7 Å². The van der Waals surface area contributed by atoms with E-state index in [1.807, 2.05) is 12.3 Å². The molecule has 2 aromatic rings. The molecule has 1 fully saturated rings. The Balaban J connectivity index is 1.73. The third-order valence-corrected chi connectivity index (χ3v) is 3.78. The Hall–Kier alpha value is -1.32. The lowest BCUT2D eigenvalue weighted by molar-refractivity contribution is 0.622. The average molecular weight is 279 g/mol. The van der Waals surface area contributed by atoms with Crippen molar-refractivity contribution in [3.63, 3.8) is 0 Å². The lowest BCUT2D eigenvalue weighted by Gasteiger charge is -2.11. The zero-order valence-corrected chi connectivity index (χ0v) is 11.3. The summed E-state index contributed by atoms with van der Waals surface area (Å²) in [4.78, 5) is 0. The fraction of sp³-hybridized carbons (Fsp3) is 0.333. The summed E-state index contributed by atoms with van der Waals surface area (Å²) in [6.45, 7) is 1.55. The van der Waals surface area contributed by atoms with Crippen molar-refractivity contribution in [1.29, 1.82) is 0 Å². The largest absolute Gasteiger partial charge is 0.346 e. The van der Waals surface area contributed by atoms with E-state index in [0.717, 1.165) is 12.1 Å². The fourth-order valence-electron chi connectivity index (χ4n) is 2.13. The molecule has 1 aliphatic rings. The van der Waals surface area contributed by atoms with E-state index >= 15 is 0 Å². The van der Waals surface area contributed by atoms with E-state index in [2.05, 4.69) is 16.0 Å². The molecule has 0 unspecified atom stereocenters. The topological polar surface area (TPSA) is 17.0 Å². The maximum absolute atomic E-state index is 13.0. The molecule has 1 aromatic heterocycles. The molecule has 3 rings (SSSR count). The number of halogens is 2. The van der Waals surface area contributed by atoms with E-state index < -0.39 is 0 Å². The minimum absolute atomic E-state index is 0.295. The predicted octanol–water partition coefficient (Wildman–Crippen LogP) is 3.58. The number of aromatic nitrogens is 1. The van der Waals surface area contributed by atoms with E-state index in [9.17, 15) is 4.39 Å². The first-order valence-electron chi connectivity index (χ1n) is 6.54. The van der Waals surface area contributed by atoms with Crippen molar-refractivity contribution in [2.45, 2.75) is 32.0 Å². The standard InChI is InChI=1S/C15H16ClFN2/c16-15-8-12(17)4-3-11(15)10-19-7-1-2-14(19)9-18-13-5-6-13/h1-4,7-8,13,18H,5-6,9-10H2. The van der Waals surface area contributed by atoms with Gasteiger partial charge in [-0.3, -0.25) is 0 Å². The quantitative estimate of drug-likeness (QED) is 0.885. The number of benzene rings is 1. The molecular weight excluding hydrogens is 263 g/mol. The van der Waals surface area contributed by atoms with Gasteiger partial charge in [-0.25, -0.2) is 4.39 Å². The van der Waals surface area contributed by atoms with Crippen LogP contribution in [0.15, 0.2) is 36.5 Å². The summed E-state index contributed by atoms with van der Waals surface area (Å²) in [5, 5.41) is 3.98. The van der Waals surface area contributed by atoms with Crippen LogP contribution >= 0.6 is 11.6 Å². The van der Waals surface area contributed by atoms with E-state index in [0.29, 0.717) is 17.6 Å². The molecule has 1 aromatic carbocycles. The second kappa shape index (κ2) is 5.35. The van der Waals surface area contributed by atoms with Crippen molar-refractivity contribution in [3.05, 3.63) is 58.6 Å². The van der Waals surface area contributed by atoms with Crippen LogP contribution in [0.25, 0.3) is 0 Å². The molecule has 1 N–H and O–H groups in total. The van der Waals surface area contributed by atoms with Crippen LogP contribution in [0, 0.1) is 5.82 Å². The summed E-state index contributed by atoms with van der Waals surface area (Å²) < 4.78 is 15.2. The summed E-state index contributed by atoms with van der Waals surface area (Å²) in [6, 6.07) is 9.39. The molecular formula is C15H16ClFN2. The number of rotatable bonds is 5. The zero-order chi connectivity index (χ0) is 13.2. The maximum atomic E-state index is 13.0. The Morgan fingerprint density at radius 3 is 2.89 bits per heavy atom. The lowest BCUT2D eigenvalue weighted by atomic mass is 10.2. The number of hydrogen-bond acceptors (Lipinski definition) is 1. The molecule has 0 bridgehead atoms. The second-order valence-electron chi connectivity index (χ2n) is 5.02. The van der Waals surface area contributed by atoms with Crippen LogP contribution in [0.5, 0.6) is 0 Å². The Morgan fingerprint density at radius 1 is 1.32 bits per heavy atom. The SMILES string of the molecule is Fc1ccc(Cn2cccc2CNC2CC2)c(Cl)c1. The molecule has 1 saturated carbocycles. The Morgan fingerprint density at radius 2 is 2.16 bits per heavy atom. The molecule has 100 valence electrons. The van der Waals surface area contributed by atoms with Gasteiger partial charge < -0.3 is 9.88 Å². The van der Waals surface area contributed by atoms with Gasteiger partial charge in [-0.1, -0.05) is 17.7 Å². The van der Waals surface area contributed by atoms with Gasteiger partial charge >= 0.3 is 0 Å². The van der Waals surface area contributed by atoms with Crippen LogP contribution < -0.4 is 5.32 Å². The van der Waals surface area contributed by atoms with Crippen molar-refractivity contribution in [3.8, 4) is 0 Å². The third-order valence-electron chi connectivity index (χ3n) is 3.43. The van der Waals surface area contributed by atoms with Crippen LogP contribution in [-0.2, 0) is 13.1 Å². The highest BCUT2D eigenvalue weighted by atomic mass is 35.5. The molecule has 1 aliphatic carbocycles. The van der Waals surface area contributed by atoms with Crippen molar-refractivity contribution in [2.24, 2.45) is 0 Å². The van der Waals surface area contributed by atoms with Crippen molar-refractivity contribution in [1.82, 2.24) is 9.88 Å². The molecule has 2 nitrogen and oxygen atoms in total. The van der Waals surface area contributed by atoms with Crippen molar-refractivity contribution in [2.75, 3.05) is 0 Å². The minimum atomic E-state index is -0.295. The Bertz CT molecular complexity index is 575. The highest BCUT2D eigenvalue weighted by Gasteiger charge is 2.20. The molecule has 4 heteroatoms. The van der Waals surface area contributed by atoms with Crippen LogP contribution in [-0.4, -0.2) is 10.6 Å². The van der Waals surface area contributed by atoms with Gasteiger partial charge in [-0.2, -0.15) is 0 Å². The van der Waals surface area contributed by atoms with Crippen LogP contribution in [0.1, 0.15) is 24.1 Å². The second-order valence-corrected chi connectivity index (χ2v) is 5.43. The third kappa shape index (κ3) is 3.17. The average Bonchev–Trinajstić information content (AvgIpc) is 3.11. The predicted molar refractivity (Wildman–Crippen MR) is 74.8 cm³/mol. The van der Waals surface area contributed by atoms with Crippen LogP contribution in [0.3, 0.4) is 0 Å². The molecule has 0 spiro atoms. The monoisotopic (exact) mass is 278 g/mol. The smallest absolute Gasteiger partial charge is 0.124 e. The molecule has 0 radical (unpaired) electrons. The molecule has 0 amide bonds.